The van der Waals surface area contributed by atoms with Crippen molar-refractivity contribution in [3.8, 4) is 11.1 Å². The van der Waals surface area contributed by atoms with Gasteiger partial charge in [0.15, 0.2) is 0 Å². The molecule has 2 aromatic carbocycles. The molecule has 0 heterocycles. The molecule has 0 bridgehead atoms. The molecule has 0 aliphatic heterocycles. The summed E-state index contributed by atoms with van der Waals surface area (Å²) in [6.45, 7) is 0. The maximum Gasteiger partial charge on any atom is 0.224 e. The van der Waals surface area contributed by atoms with Crippen LogP contribution in [0.15, 0.2) is 53.0 Å². The highest BCUT2D eigenvalue weighted by Crippen LogP contribution is 2.25. The van der Waals surface area contributed by atoms with E-state index >= 15 is 0 Å². The SMILES string of the molecule is CNC(=O)Cc1ccccc1-c1ccc(Br)cc1. The quantitative estimate of drug-likeness (QED) is 0.925. The van der Waals surface area contributed by atoms with Crippen molar-refractivity contribution in [2.75, 3.05) is 7.05 Å². The fraction of sp³-hybridized carbons (Fsp3) is 0.133. The van der Waals surface area contributed by atoms with E-state index in [1.54, 1.807) is 7.05 Å². The topological polar surface area (TPSA) is 29.1 Å². The third-order valence-corrected chi connectivity index (χ3v) is 3.33. The Kier molecular flexibility index (Phi) is 4.15. The van der Waals surface area contributed by atoms with Gasteiger partial charge in [0.05, 0.1) is 6.42 Å². The zero-order chi connectivity index (χ0) is 13.0. The lowest BCUT2D eigenvalue weighted by atomic mass is 9.97. The highest BCUT2D eigenvalue weighted by molar-refractivity contribution is 9.10. The number of likely N-dealkylation sites (N-methyl/N-ethyl adjacent to an activating group) is 1. The lowest BCUT2D eigenvalue weighted by Crippen LogP contribution is -2.20. The van der Waals surface area contributed by atoms with Gasteiger partial charge < -0.3 is 5.32 Å². The van der Waals surface area contributed by atoms with Gasteiger partial charge in [-0.15, -0.1) is 0 Å². The number of carbonyl (C=O) groups excluding carboxylic acids is 1. The predicted octanol–water partition coefficient (Wildman–Crippen LogP) is 3.40. The van der Waals surface area contributed by atoms with Crippen LogP contribution in [0.1, 0.15) is 5.56 Å². The summed E-state index contributed by atoms with van der Waals surface area (Å²) in [5.74, 6) is 0.0274. The highest BCUT2D eigenvalue weighted by Gasteiger charge is 2.07. The van der Waals surface area contributed by atoms with E-state index in [2.05, 4.69) is 21.2 Å². The van der Waals surface area contributed by atoms with E-state index in [1.807, 2.05) is 48.5 Å². The first-order chi connectivity index (χ1) is 8.70. The molecule has 0 radical (unpaired) electrons. The average Bonchev–Trinajstić information content (AvgIpc) is 2.40. The number of rotatable bonds is 3. The van der Waals surface area contributed by atoms with Crippen LogP contribution in [0.5, 0.6) is 0 Å². The van der Waals surface area contributed by atoms with Crippen molar-refractivity contribution in [1.29, 1.82) is 0 Å². The number of halogens is 1. The van der Waals surface area contributed by atoms with E-state index in [0.717, 1.165) is 21.2 Å². The van der Waals surface area contributed by atoms with E-state index < -0.39 is 0 Å². The molecule has 0 aliphatic carbocycles. The Bertz CT molecular complexity index is 549. The number of amides is 1. The first-order valence-electron chi connectivity index (χ1n) is 5.75. The van der Waals surface area contributed by atoms with Gasteiger partial charge in [-0.1, -0.05) is 52.3 Å². The lowest BCUT2D eigenvalue weighted by Gasteiger charge is -2.09. The average molecular weight is 304 g/mol. The molecule has 2 rings (SSSR count). The van der Waals surface area contributed by atoms with Gasteiger partial charge in [-0.25, -0.2) is 0 Å². The van der Waals surface area contributed by atoms with Crippen molar-refractivity contribution >= 4 is 21.8 Å². The summed E-state index contributed by atoms with van der Waals surface area (Å²) in [4.78, 5) is 11.5. The van der Waals surface area contributed by atoms with Gasteiger partial charge in [0, 0.05) is 11.5 Å². The number of benzene rings is 2. The van der Waals surface area contributed by atoms with Crippen molar-refractivity contribution in [3.63, 3.8) is 0 Å². The number of hydrogen-bond acceptors (Lipinski definition) is 1. The molecule has 1 N–H and O–H groups in total. The molecule has 0 spiro atoms. The summed E-state index contributed by atoms with van der Waals surface area (Å²) in [6, 6.07) is 16.1. The molecule has 2 aromatic rings. The third kappa shape index (κ3) is 2.99. The van der Waals surface area contributed by atoms with E-state index in [-0.39, 0.29) is 5.91 Å². The van der Waals surface area contributed by atoms with Crippen molar-refractivity contribution in [2.24, 2.45) is 0 Å². The summed E-state index contributed by atoms with van der Waals surface area (Å²) in [5.41, 5.74) is 3.27. The third-order valence-electron chi connectivity index (χ3n) is 2.80. The molecule has 2 nitrogen and oxygen atoms in total. The lowest BCUT2D eigenvalue weighted by molar-refractivity contribution is -0.119. The van der Waals surface area contributed by atoms with Crippen LogP contribution in [-0.2, 0) is 11.2 Å². The predicted molar refractivity (Wildman–Crippen MR) is 77.3 cm³/mol. The molecule has 0 saturated carbocycles. The van der Waals surface area contributed by atoms with Crippen molar-refractivity contribution in [2.45, 2.75) is 6.42 Å². The zero-order valence-electron chi connectivity index (χ0n) is 10.1. The van der Waals surface area contributed by atoms with Crippen LogP contribution in [0.4, 0.5) is 0 Å². The molecular formula is C15H14BrNO. The second-order valence-electron chi connectivity index (χ2n) is 4.01. The van der Waals surface area contributed by atoms with Gasteiger partial charge in [-0.2, -0.15) is 0 Å². The first-order valence-corrected chi connectivity index (χ1v) is 6.54. The molecule has 0 aromatic heterocycles. The molecule has 0 aliphatic rings. The minimum absolute atomic E-state index is 0.0274. The molecule has 1 amide bonds. The van der Waals surface area contributed by atoms with Gasteiger partial charge in [0.25, 0.3) is 0 Å². The monoisotopic (exact) mass is 303 g/mol. The van der Waals surface area contributed by atoms with Gasteiger partial charge in [-0.3, -0.25) is 4.79 Å². The normalized spacial score (nSPS) is 10.1. The maximum atomic E-state index is 11.5. The summed E-state index contributed by atoms with van der Waals surface area (Å²) in [6.07, 6.45) is 0.405. The Balaban J connectivity index is 2.38. The summed E-state index contributed by atoms with van der Waals surface area (Å²) < 4.78 is 1.05. The molecule has 0 unspecified atom stereocenters. The molecule has 3 heteroatoms. The summed E-state index contributed by atoms with van der Waals surface area (Å²) in [5, 5.41) is 2.65. The van der Waals surface area contributed by atoms with E-state index in [0.29, 0.717) is 6.42 Å². The molecule has 0 atom stereocenters. The van der Waals surface area contributed by atoms with Crippen molar-refractivity contribution in [1.82, 2.24) is 5.32 Å². The fourth-order valence-electron chi connectivity index (χ4n) is 1.85. The number of nitrogens with one attached hydrogen (secondary N) is 1. The van der Waals surface area contributed by atoms with Crippen LogP contribution >= 0.6 is 15.9 Å². The van der Waals surface area contributed by atoms with E-state index in [9.17, 15) is 4.79 Å². The standard InChI is InChI=1S/C15H14BrNO/c1-17-15(18)10-12-4-2-3-5-14(12)11-6-8-13(16)9-7-11/h2-9H,10H2,1H3,(H,17,18). The minimum Gasteiger partial charge on any atom is -0.359 e. The Morgan fingerprint density at radius 2 is 1.78 bits per heavy atom. The van der Waals surface area contributed by atoms with E-state index in [4.69, 9.17) is 0 Å². The first kappa shape index (κ1) is 12.8. The smallest absolute Gasteiger partial charge is 0.224 e. The Hall–Kier alpha value is -1.61. The highest BCUT2D eigenvalue weighted by atomic mass is 79.9. The van der Waals surface area contributed by atoms with Crippen LogP contribution in [0, 0.1) is 0 Å². The van der Waals surface area contributed by atoms with Crippen molar-refractivity contribution in [3.05, 3.63) is 58.6 Å². The Morgan fingerprint density at radius 3 is 2.44 bits per heavy atom. The molecule has 0 fully saturated rings. The van der Waals surface area contributed by atoms with Crippen LogP contribution in [0.25, 0.3) is 11.1 Å². The zero-order valence-corrected chi connectivity index (χ0v) is 11.7. The van der Waals surface area contributed by atoms with Gasteiger partial charge >= 0.3 is 0 Å². The molecule has 0 saturated heterocycles. The minimum atomic E-state index is 0.0274. The fourth-order valence-corrected chi connectivity index (χ4v) is 2.11. The molecule has 92 valence electrons. The van der Waals surface area contributed by atoms with Crippen LogP contribution in [-0.4, -0.2) is 13.0 Å². The van der Waals surface area contributed by atoms with Crippen LogP contribution in [0.2, 0.25) is 0 Å². The second-order valence-corrected chi connectivity index (χ2v) is 4.93. The van der Waals surface area contributed by atoms with Gasteiger partial charge in [0.2, 0.25) is 5.91 Å². The Labute approximate surface area is 115 Å². The maximum absolute atomic E-state index is 11.5. The summed E-state index contributed by atoms with van der Waals surface area (Å²) in [7, 11) is 1.66. The number of carbonyl (C=O) groups is 1. The van der Waals surface area contributed by atoms with E-state index in [1.165, 1.54) is 0 Å². The number of hydrogen-bond donors (Lipinski definition) is 1. The largest absolute Gasteiger partial charge is 0.359 e. The van der Waals surface area contributed by atoms with Crippen LogP contribution in [0.3, 0.4) is 0 Å². The van der Waals surface area contributed by atoms with Gasteiger partial charge in [-0.05, 0) is 28.8 Å². The molecule has 18 heavy (non-hydrogen) atoms. The van der Waals surface area contributed by atoms with Crippen molar-refractivity contribution < 1.29 is 4.79 Å². The second kappa shape index (κ2) is 5.83. The summed E-state index contributed by atoms with van der Waals surface area (Å²) >= 11 is 3.42. The molecular weight excluding hydrogens is 290 g/mol. The van der Waals surface area contributed by atoms with Crippen LogP contribution < -0.4 is 5.32 Å². The van der Waals surface area contributed by atoms with Gasteiger partial charge in [0.1, 0.15) is 0 Å². The Morgan fingerprint density at radius 1 is 1.11 bits per heavy atom.